The molecule has 0 bridgehead atoms. The van der Waals surface area contributed by atoms with E-state index in [-0.39, 0.29) is 0 Å². The number of nitrogens with one attached hydrogen (secondary N) is 1. The maximum Gasteiger partial charge on any atom is 0.301 e. The van der Waals surface area contributed by atoms with E-state index in [9.17, 15) is 8.42 Å². The standard InChI is InChI=1S/C15H18N2O2S/c1-17(2)20(18,19)16-15-11-7-6-10-14(15)12-13-8-4-3-5-9-13/h3-11,16H,12H2,1-2H3. The lowest BCUT2D eigenvalue weighted by molar-refractivity contribution is 0.527. The van der Waals surface area contributed by atoms with E-state index in [4.69, 9.17) is 0 Å². The minimum atomic E-state index is -3.48. The minimum absolute atomic E-state index is 0.616. The van der Waals surface area contributed by atoms with E-state index in [1.165, 1.54) is 14.1 Å². The van der Waals surface area contributed by atoms with Crippen LogP contribution in [0.25, 0.3) is 0 Å². The quantitative estimate of drug-likeness (QED) is 0.919. The van der Waals surface area contributed by atoms with Crippen LogP contribution >= 0.6 is 0 Å². The molecule has 4 nitrogen and oxygen atoms in total. The summed E-state index contributed by atoms with van der Waals surface area (Å²) >= 11 is 0. The third kappa shape index (κ3) is 3.59. The molecule has 0 unspecified atom stereocenters. The summed E-state index contributed by atoms with van der Waals surface area (Å²) in [6, 6.07) is 17.4. The molecule has 0 atom stereocenters. The third-order valence-electron chi connectivity index (χ3n) is 2.97. The number of rotatable bonds is 5. The summed E-state index contributed by atoms with van der Waals surface area (Å²) in [6.07, 6.45) is 0.687. The maximum atomic E-state index is 11.9. The Morgan fingerprint density at radius 2 is 1.55 bits per heavy atom. The highest BCUT2D eigenvalue weighted by atomic mass is 32.2. The van der Waals surface area contributed by atoms with Crippen LogP contribution < -0.4 is 4.72 Å². The van der Waals surface area contributed by atoms with Gasteiger partial charge < -0.3 is 0 Å². The number of hydrogen-bond acceptors (Lipinski definition) is 2. The molecule has 0 amide bonds. The Morgan fingerprint density at radius 1 is 0.950 bits per heavy atom. The second-order valence-electron chi connectivity index (χ2n) is 4.71. The van der Waals surface area contributed by atoms with Crippen LogP contribution in [0.5, 0.6) is 0 Å². The average molecular weight is 290 g/mol. The van der Waals surface area contributed by atoms with Gasteiger partial charge in [0.2, 0.25) is 0 Å². The maximum absolute atomic E-state index is 11.9. The predicted octanol–water partition coefficient (Wildman–Crippen LogP) is 2.50. The molecule has 5 heteroatoms. The lowest BCUT2D eigenvalue weighted by atomic mass is 10.0. The van der Waals surface area contributed by atoms with Crippen molar-refractivity contribution in [1.82, 2.24) is 4.31 Å². The van der Waals surface area contributed by atoms with Crippen molar-refractivity contribution in [2.24, 2.45) is 0 Å². The van der Waals surface area contributed by atoms with E-state index >= 15 is 0 Å². The van der Waals surface area contributed by atoms with Crippen molar-refractivity contribution in [2.75, 3.05) is 18.8 Å². The van der Waals surface area contributed by atoms with Crippen molar-refractivity contribution in [3.8, 4) is 0 Å². The zero-order chi connectivity index (χ0) is 14.6. The molecule has 2 aromatic carbocycles. The van der Waals surface area contributed by atoms with Crippen molar-refractivity contribution in [2.45, 2.75) is 6.42 Å². The highest BCUT2D eigenvalue weighted by Crippen LogP contribution is 2.20. The summed E-state index contributed by atoms with van der Waals surface area (Å²) in [5.74, 6) is 0. The molecule has 0 aromatic heterocycles. The van der Waals surface area contributed by atoms with Gasteiger partial charge >= 0.3 is 10.2 Å². The van der Waals surface area contributed by atoms with Crippen molar-refractivity contribution in [3.05, 3.63) is 65.7 Å². The molecule has 0 aliphatic heterocycles. The van der Waals surface area contributed by atoms with Crippen molar-refractivity contribution in [1.29, 1.82) is 0 Å². The van der Waals surface area contributed by atoms with Gasteiger partial charge in [0, 0.05) is 14.1 Å². The lowest BCUT2D eigenvalue weighted by Gasteiger charge is -2.16. The molecule has 106 valence electrons. The Labute approximate surface area is 120 Å². The smallest absolute Gasteiger partial charge is 0.271 e. The molecule has 0 saturated carbocycles. The molecule has 1 N–H and O–H groups in total. The van der Waals surface area contributed by atoms with Gasteiger partial charge in [0.1, 0.15) is 0 Å². The number of anilines is 1. The highest BCUT2D eigenvalue weighted by molar-refractivity contribution is 7.90. The topological polar surface area (TPSA) is 49.4 Å². The van der Waals surface area contributed by atoms with E-state index in [0.717, 1.165) is 15.4 Å². The SMILES string of the molecule is CN(C)S(=O)(=O)Nc1ccccc1Cc1ccccc1. The molecule has 0 radical (unpaired) electrons. The van der Waals surface area contributed by atoms with Crippen molar-refractivity contribution < 1.29 is 8.42 Å². The number of hydrogen-bond donors (Lipinski definition) is 1. The van der Waals surface area contributed by atoms with Crippen LogP contribution in [0, 0.1) is 0 Å². The second-order valence-corrected chi connectivity index (χ2v) is 6.59. The molecule has 0 aliphatic rings. The molecule has 0 saturated heterocycles. The Kier molecular flexibility index (Phi) is 4.42. The van der Waals surface area contributed by atoms with Gasteiger partial charge in [0.15, 0.2) is 0 Å². The Hall–Kier alpha value is -1.85. The van der Waals surface area contributed by atoms with E-state index in [1.807, 2.05) is 48.5 Å². The van der Waals surface area contributed by atoms with Crippen LogP contribution in [0.3, 0.4) is 0 Å². The molecule has 20 heavy (non-hydrogen) atoms. The molecule has 0 aliphatic carbocycles. The predicted molar refractivity (Wildman–Crippen MR) is 81.9 cm³/mol. The molecule has 2 aromatic rings. The van der Waals surface area contributed by atoms with E-state index in [2.05, 4.69) is 4.72 Å². The van der Waals surface area contributed by atoms with Crippen molar-refractivity contribution >= 4 is 15.9 Å². The molecule has 0 fully saturated rings. The second kappa shape index (κ2) is 6.07. The summed E-state index contributed by atoms with van der Waals surface area (Å²) in [5.41, 5.74) is 2.71. The third-order valence-corrected chi connectivity index (χ3v) is 4.41. The summed E-state index contributed by atoms with van der Waals surface area (Å²) in [4.78, 5) is 0. The fraction of sp³-hybridized carbons (Fsp3) is 0.200. The van der Waals surface area contributed by atoms with Gasteiger partial charge in [-0.25, -0.2) is 0 Å². The first-order valence-electron chi connectivity index (χ1n) is 6.31. The van der Waals surface area contributed by atoms with Gasteiger partial charge in [-0.05, 0) is 23.6 Å². The summed E-state index contributed by atoms with van der Waals surface area (Å²) in [6.45, 7) is 0. The van der Waals surface area contributed by atoms with E-state index < -0.39 is 10.2 Å². The highest BCUT2D eigenvalue weighted by Gasteiger charge is 2.14. The Morgan fingerprint density at radius 3 is 2.20 bits per heavy atom. The van der Waals surface area contributed by atoms with Crippen LogP contribution in [0.1, 0.15) is 11.1 Å². The average Bonchev–Trinajstić information content (AvgIpc) is 2.42. The minimum Gasteiger partial charge on any atom is -0.271 e. The fourth-order valence-electron chi connectivity index (χ4n) is 1.82. The summed E-state index contributed by atoms with van der Waals surface area (Å²) < 4.78 is 27.6. The zero-order valence-corrected chi connectivity index (χ0v) is 12.4. The van der Waals surface area contributed by atoms with Crippen LogP contribution in [-0.2, 0) is 16.6 Å². The van der Waals surface area contributed by atoms with Crippen LogP contribution in [0.15, 0.2) is 54.6 Å². The largest absolute Gasteiger partial charge is 0.301 e. The number of benzene rings is 2. The summed E-state index contributed by atoms with van der Waals surface area (Å²) in [7, 11) is -0.478. The van der Waals surface area contributed by atoms with E-state index in [1.54, 1.807) is 6.07 Å². The van der Waals surface area contributed by atoms with Gasteiger partial charge in [-0.3, -0.25) is 4.72 Å². The van der Waals surface area contributed by atoms with Crippen molar-refractivity contribution in [3.63, 3.8) is 0 Å². The normalized spacial score (nSPS) is 11.6. The first-order valence-corrected chi connectivity index (χ1v) is 7.75. The Bertz CT molecular complexity index is 667. The molecule has 0 heterocycles. The first kappa shape index (κ1) is 14.6. The fourth-order valence-corrected chi connectivity index (χ4v) is 2.48. The molecular weight excluding hydrogens is 272 g/mol. The first-order chi connectivity index (χ1) is 9.49. The molecular formula is C15H18N2O2S. The lowest BCUT2D eigenvalue weighted by Crippen LogP contribution is -2.29. The number of nitrogens with zero attached hydrogens (tertiary/aromatic N) is 1. The summed E-state index contributed by atoms with van der Waals surface area (Å²) in [5, 5.41) is 0. The van der Waals surface area contributed by atoms with Gasteiger partial charge in [-0.1, -0.05) is 48.5 Å². The van der Waals surface area contributed by atoms with E-state index in [0.29, 0.717) is 12.1 Å². The van der Waals surface area contributed by atoms with Crippen LogP contribution in [0.2, 0.25) is 0 Å². The monoisotopic (exact) mass is 290 g/mol. The zero-order valence-electron chi connectivity index (χ0n) is 11.6. The molecule has 0 spiro atoms. The van der Waals surface area contributed by atoms with Gasteiger partial charge in [-0.15, -0.1) is 0 Å². The molecule has 2 rings (SSSR count). The Balaban J connectivity index is 2.27. The van der Waals surface area contributed by atoms with Crippen LogP contribution in [0.4, 0.5) is 5.69 Å². The van der Waals surface area contributed by atoms with Gasteiger partial charge in [0.05, 0.1) is 5.69 Å². The van der Waals surface area contributed by atoms with Gasteiger partial charge in [-0.2, -0.15) is 12.7 Å². The van der Waals surface area contributed by atoms with Crippen LogP contribution in [-0.4, -0.2) is 26.8 Å². The van der Waals surface area contributed by atoms with Gasteiger partial charge in [0.25, 0.3) is 0 Å². The number of para-hydroxylation sites is 1.